The Hall–Kier alpha value is -2.97. The lowest BCUT2D eigenvalue weighted by molar-refractivity contribution is -0.139. The van der Waals surface area contributed by atoms with Crippen LogP contribution in [0.25, 0.3) is 6.08 Å². The number of carbonyl (C=O) groups is 3. The highest BCUT2D eigenvalue weighted by Gasteiger charge is 2.35. The van der Waals surface area contributed by atoms with Gasteiger partial charge in [-0.25, -0.2) is 4.79 Å². The van der Waals surface area contributed by atoms with Crippen molar-refractivity contribution in [2.45, 2.75) is 6.54 Å². The van der Waals surface area contributed by atoms with E-state index >= 15 is 0 Å². The van der Waals surface area contributed by atoms with E-state index in [1.165, 1.54) is 12.0 Å². The summed E-state index contributed by atoms with van der Waals surface area (Å²) in [4.78, 5) is 37.0. The van der Waals surface area contributed by atoms with E-state index in [0.29, 0.717) is 16.3 Å². The molecular formula is C20H16ClNO6S. The van der Waals surface area contributed by atoms with Crippen LogP contribution in [0.1, 0.15) is 11.1 Å². The highest BCUT2D eigenvalue weighted by molar-refractivity contribution is 8.18. The van der Waals surface area contributed by atoms with Crippen molar-refractivity contribution < 1.29 is 29.0 Å². The minimum absolute atomic E-state index is 0.157. The summed E-state index contributed by atoms with van der Waals surface area (Å²) in [5.41, 5.74) is 1.40. The Morgan fingerprint density at radius 1 is 1.17 bits per heavy atom. The topological polar surface area (TPSA) is 93.1 Å². The lowest BCUT2D eigenvalue weighted by Crippen LogP contribution is -2.27. The molecule has 0 aliphatic carbocycles. The van der Waals surface area contributed by atoms with Gasteiger partial charge in [-0.3, -0.25) is 14.5 Å². The third kappa shape index (κ3) is 5.10. The van der Waals surface area contributed by atoms with Gasteiger partial charge in [0.05, 0.1) is 18.6 Å². The Labute approximate surface area is 175 Å². The summed E-state index contributed by atoms with van der Waals surface area (Å²) in [6.07, 6.45) is 1.58. The van der Waals surface area contributed by atoms with Gasteiger partial charge < -0.3 is 14.6 Å². The van der Waals surface area contributed by atoms with E-state index in [1.54, 1.807) is 48.5 Å². The number of hydrogen-bond donors (Lipinski definition) is 1. The van der Waals surface area contributed by atoms with Crippen LogP contribution in [-0.4, -0.2) is 40.8 Å². The molecule has 1 aliphatic heterocycles. The van der Waals surface area contributed by atoms with Crippen molar-refractivity contribution >= 4 is 46.6 Å². The number of carboxylic acid groups (broad SMARTS) is 1. The lowest BCUT2D eigenvalue weighted by Gasteiger charge is -2.12. The molecule has 9 heteroatoms. The summed E-state index contributed by atoms with van der Waals surface area (Å²) in [5, 5.41) is 8.94. The fraction of sp³-hybridized carbons (Fsp3) is 0.150. The van der Waals surface area contributed by atoms with E-state index in [1.807, 2.05) is 0 Å². The normalized spacial score (nSPS) is 15.1. The molecule has 0 saturated carbocycles. The second-order valence-corrected chi connectivity index (χ2v) is 7.42. The second kappa shape index (κ2) is 9.02. The third-order valence-electron chi connectivity index (χ3n) is 3.96. The Kier molecular flexibility index (Phi) is 6.46. The van der Waals surface area contributed by atoms with Crippen LogP contribution < -0.4 is 9.47 Å². The molecule has 1 heterocycles. The summed E-state index contributed by atoms with van der Waals surface area (Å²) in [6.45, 7) is -0.343. The first-order valence-corrected chi connectivity index (χ1v) is 9.59. The van der Waals surface area contributed by atoms with Crippen LogP contribution in [0.5, 0.6) is 11.5 Å². The van der Waals surface area contributed by atoms with Gasteiger partial charge in [-0.05, 0) is 53.2 Å². The van der Waals surface area contributed by atoms with Crippen LogP contribution in [-0.2, 0) is 16.1 Å². The van der Waals surface area contributed by atoms with Crippen LogP contribution in [0.15, 0.2) is 47.4 Å². The number of thioether (sulfide) groups is 1. The molecular weight excluding hydrogens is 418 g/mol. The molecule has 0 aromatic heterocycles. The fourth-order valence-corrected chi connectivity index (χ4v) is 3.56. The zero-order valence-corrected chi connectivity index (χ0v) is 16.8. The molecule has 1 saturated heterocycles. The van der Waals surface area contributed by atoms with Crippen LogP contribution in [0, 0.1) is 0 Å². The summed E-state index contributed by atoms with van der Waals surface area (Å²) in [5.74, 6) is -0.908. The first-order chi connectivity index (χ1) is 13.9. The SMILES string of the molecule is COc1cc(/C=C2/SC(=O)N(Cc3ccc(Cl)cc3)C2=O)ccc1OCC(=O)O. The van der Waals surface area contributed by atoms with E-state index in [-0.39, 0.29) is 28.3 Å². The predicted octanol–water partition coefficient (Wildman–Crippen LogP) is 4.05. The smallest absolute Gasteiger partial charge is 0.341 e. The van der Waals surface area contributed by atoms with Gasteiger partial charge in [0.2, 0.25) is 0 Å². The van der Waals surface area contributed by atoms with Crippen molar-refractivity contribution in [2.75, 3.05) is 13.7 Å². The lowest BCUT2D eigenvalue weighted by atomic mass is 10.1. The quantitative estimate of drug-likeness (QED) is 0.658. The molecule has 2 aromatic rings. The molecule has 1 aliphatic rings. The fourth-order valence-electron chi connectivity index (χ4n) is 2.59. The van der Waals surface area contributed by atoms with Crippen molar-refractivity contribution in [1.29, 1.82) is 0 Å². The first-order valence-electron chi connectivity index (χ1n) is 8.40. The van der Waals surface area contributed by atoms with Crippen molar-refractivity contribution in [1.82, 2.24) is 4.90 Å². The molecule has 3 rings (SSSR count). The Balaban J connectivity index is 1.78. The first kappa shape index (κ1) is 20.8. The van der Waals surface area contributed by atoms with Gasteiger partial charge in [0.1, 0.15) is 0 Å². The number of halogens is 1. The zero-order valence-electron chi connectivity index (χ0n) is 15.3. The number of rotatable bonds is 7. The second-order valence-electron chi connectivity index (χ2n) is 5.99. The summed E-state index contributed by atoms with van der Waals surface area (Å²) >= 11 is 6.71. The largest absolute Gasteiger partial charge is 0.493 e. The molecule has 29 heavy (non-hydrogen) atoms. The molecule has 0 bridgehead atoms. The summed E-state index contributed by atoms with van der Waals surface area (Å²) in [7, 11) is 1.42. The van der Waals surface area contributed by atoms with Crippen LogP contribution in [0.2, 0.25) is 5.02 Å². The van der Waals surface area contributed by atoms with Crippen molar-refractivity contribution in [2.24, 2.45) is 0 Å². The Bertz CT molecular complexity index is 989. The number of hydrogen-bond acceptors (Lipinski definition) is 6. The maximum Gasteiger partial charge on any atom is 0.341 e. The van der Waals surface area contributed by atoms with Crippen molar-refractivity contribution in [3.8, 4) is 11.5 Å². The predicted molar refractivity (Wildman–Crippen MR) is 109 cm³/mol. The molecule has 1 fully saturated rings. The van der Waals surface area contributed by atoms with Gasteiger partial charge in [0.25, 0.3) is 11.1 Å². The van der Waals surface area contributed by atoms with E-state index in [2.05, 4.69) is 0 Å². The summed E-state index contributed by atoms with van der Waals surface area (Å²) in [6, 6.07) is 11.7. The van der Waals surface area contributed by atoms with E-state index < -0.39 is 12.6 Å². The third-order valence-corrected chi connectivity index (χ3v) is 5.12. The molecule has 0 spiro atoms. The number of benzene rings is 2. The number of ether oxygens (including phenoxy) is 2. The monoisotopic (exact) mass is 433 g/mol. The van der Waals surface area contributed by atoms with E-state index in [0.717, 1.165) is 17.3 Å². The van der Waals surface area contributed by atoms with Gasteiger partial charge >= 0.3 is 5.97 Å². The van der Waals surface area contributed by atoms with Crippen molar-refractivity contribution in [3.05, 3.63) is 63.5 Å². The van der Waals surface area contributed by atoms with Crippen LogP contribution in [0.4, 0.5) is 4.79 Å². The van der Waals surface area contributed by atoms with Crippen LogP contribution >= 0.6 is 23.4 Å². The number of imide groups is 1. The molecule has 0 radical (unpaired) electrons. The average Bonchev–Trinajstić information content (AvgIpc) is 2.95. The molecule has 2 amide bonds. The number of aliphatic carboxylic acids is 1. The molecule has 0 unspecified atom stereocenters. The van der Waals surface area contributed by atoms with Gasteiger partial charge in [-0.15, -0.1) is 0 Å². The molecule has 1 N–H and O–H groups in total. The minimum Gasteiger partial charge on any atom is -0.493 e. The van der Waals surface area contributed by atoms with E-state index in [9.17, 15) is 14.4 Å². The number of carbonyl (C=O) groups excluding carboxylic acids is 2. The summed E-state index contributed by atoms with van der Waals surface area (Å²) < 4.78 is 10.4. The van der Waals surface area contributed by atoms with Gasteiger partial charge in [0, 0.05) is 5.02 Å². The molecule has 2 aromatic carbocycles. The minimum atomic E-state index is -1.11. The number of methoxy groups -OCH3 is 1. The van der Waals surface area contributed by atoms with Gasteiger partial charge in [0.15, 0.2) is 18.1 Å². The molecule has 150 valence electrons. The molecule has 7 nitrogen and oxygen atoms in total. The van der Waals surface area contributed by atoms with Crippen molar-refractivity contribution in [3.63, 3.8) is 0 Å². The zero-order chi connectivity index (χ0) is 21.0. The number of amides is 2. The molecule has 0 atom stereocenters. The maximum atomic E-state index is 12.7. The van der Waals surface area contributed by atoms with Crippen LogP contribution in [0.3, 0.4) is 0 Å². The van der Waals surface area contributed by atoms with E-state index in [4.69, 9.17) is 26.2 Å². The number of nitrogens with zero attached hydrogens (tertiary/aromatic N) is 1. The highest BCUT2D eigenvalue weighted by atomic mass is 35.5. The standard InChI is InChI=1S/C20H16ClNO6S/c1-27-16-8-13(4-7-15(16)28-11-18(23)24)9-17-19(25)22(20(26)29-17)10-12-2-5-14(21)6-3-12/h2-9H,10-11H2,1H3,(H,23,24)/b17-9+. The highest BCUT2D eigenvalue weighted by Crippen LogP contribution is 2.35. The van der Waals surface area contributed by atoms with Gasteiger partial charge in [-0.1, -0.05) is 29.8 Å². The number of carboxylic acids is 1. The van der Waals surface area contributed by atoms with Gasteiger partial charge in [-0.2, -0.15) is 0 Å². The maximum absolute atomic E-state index is 12.7. The average molecular weight is 434 g/mol. The Morgan fingerprint density at radius 3 is 2.55 bits per heavy atom. The Morgan fingerprint density at radius 2 is 1.90 bits per heavy atom.